The summed E-state index contributed by atoms with van der Waals surface area (Å²) in [5, 5.41) is 3.80. The van der Waals surface area contributed by atoms with E-state index in [1.165, 1.54) is 25.7 Å². The minimum atomic E-state index is 0. The third-order valence-electron chi connectivity index (χ3n) is 6.35. The van der Waals surface area contributed by atoms with Gasteiger partial charge in [-0.2, -0.15) is 0 Å². The molecule has 1 spiro atoms. The van der Waals surface area contributed by atoms with E-state index in [1.807, 2.05) is 7.05 Å². The topological polar surface area (TPSA) is 46.1 Å². The van der Waals surface area contributed by atoms with Gasteiger partial charge in [0.2, 0.25) is 0 Å². The molecule has 25 heavy (non-hydrogen) atoms. The molecule has 1 N–H and O–H groups in total. The van der Waals surface area contributed by atoms with Gasteiger partial charge >= 0.3 is 0 Å². The normalized spacial score (nSPS) is 29.4. The number of halogens is 1. The molecular formula is C19H36IN3O2. The second kappa shape index (κ2) is 9.74. The number of piperidine rings is 1. The highest BCUT2D eigenvalue weighted by molar-refractivity contribution is 14.0. The molecule has 2 aliphatic carbocycles. The molecule has 146 valence electrons. The van der Waals surface area contributed by atoms with Crippen LogP contribution < -0.4 is 5.32 Å². The van der Waals surface area contributed by atoms with Gasteiger partial charge in [0.25, 0.3) is 0 Å². The number of guanidine groups is 1. The van der Waals surface area contributed by atoms with Crippen molar-refractivity contribution in [1.29, 1.82) is 0 Å². The predicted octanol–water partition coefficient (Wildman–Crippen LogP) is 3.42. The van der Waals surface area contributed by atoms with Crippen molar-refractivity contribution < 1.29 is 9.47 Å². The molecule has 2 unspecified atom stereocenters. The molecule has 0 amide bonds. The maximum absolute atomic E-state index is 6.04. The Morgan fingerprint density at radius 3 is 2.32 bits per heavy atom. The number of nitrogens with zero attached hydrogens (tertiary/aromatic N) is 2. The number of ether oxygens (including phenoxy) is 2. The largest absolute Gasteiger partial charge is 0.378 e. The molecule has 6 heteroatoms. The number of hydrogen-bond donors (Lipinski definition) is 1. The standard InChI is InChI=1S/C19H35N3O2.HI/c1-4-23-15-8-12-22(13-9-15)18(20-3)21-16-14-17(24-5-2)19(16)10-6-7-11-19;/h15-17H,4-14H2,1-3H3,(H,20,21);1H. The Morgan fingerprint density at radius 1 is 1.12 bits per heavy atom. The summed E-state index contributed by atoms with van der Waals surface area (Å²) in [6, 6.07) is 0.528. The number of aliphatic imine (C=N–C) groups is 1. The maximum atomic E-state index is 6.04. The van der Waals surface area contributed by atoms with E-state index in [1.54, 1.807) is 0 Å². The van der Waals surface area contributed by atoms with Gasteiger partial charge in [0.15, 0.2) is 5.96 Å². The Balaban J connectivity index is 0.00000225. The number of rotatable bonds is 5. The van der Waals surface area contributed by atoms with Gasteiger partial charge < -0.3 is 19.7 Å². The maximum Gasteiger partial charge on any atom is 0.193 e. The fraction of sp³-hybridized carbons (Fsp3) is 0.947. The second-order valence-electron chi connectivity index (χ2n) is 7.51. The van der Waals surface area contributed by atoms with Crippen LogP contribution in [0.25, 0.3) is 0 Å². The zero-order valence-corrected chi connectivity index (χ0v) is 18.5. The minimum Gasteiger partial charge on any atom is -0.378 e. The summed E-state index contributed by atoms with van der Waals surface area (Å²) in [7, 11) is 1.91. The van der Waals surface area contributed by atoms with E-state index in [-0.39, 0.29) is 24.0 Å². The van der Waals surface area contributed by atoms with Crippen LogP contribution in [-0.2, 0) is 9.47 Å². The summed E-state index contributed by atoms with van der Waals surface area (Å²) >= 11 is 0. The van der Waals surface area contributed by atoms with Crippen LogP contribution in [0.1, 0.15) is 58.8 Å². The van der Waals surface area contributed by atoms with Gasteiger partial charge in [-0.15, -0.1) is 24.0 Å². The van der Waals surface area contributed by atoms with Crippen molar-refractivity contribution in [1.82, 2.24) is 10.2 Å². The van der Waals surface area contributed by atoms with Gasteiger partial charge in [0.1, 0.15) is 0 Å². The summed E-state index contributed by atoms with van der Waals surface area (Å²) in [6.07, 6.45) is 9.51. The molecule has 3 rings (SSSR count). The van der Waals surface area contributed by atoms with Crippen LogP contribution in [0.15, 0.2) is 4.99 Å². The Hall–Kier alpha value is -0.0800. The average Bonchev–Trinajstić information content (AvgIpc) is 3.12. The molecule has 0 bridgehead atoms. The van der Waals surface area contributed by atoms with Gasteiger partial charge in [-0.05, 0) is 46.0 Å². The Labute approximate surface area is 170 Å². The van der Waals surface area contributed by atoms with E-state index >= 15 is 0 Å². The van der Waals surface area contributed by atoms with Gasteiger partial charge in [0, 0.05) is 44.8 Å². The molecular weight excluding hydrogens is 429 g/mol. The van der Waals surface area contributed by atoms with Crippen molar-refractivity contribution >= 4 is 29.9 Å². The van der Waals surface area contributed by atoms with E-state index in [4.69, 9.17) is 9.47 Å². The highest BCUT2D eigenvalue weighted by atomic mass is 127. The van der Waals surface area contributed by atoms with Crippen molar-refractivity contribution in [2.45, 2.75) is 77.0 Å². The van der Waals surface area contributed by atoms with Crippen molar-refractivity contribution in [3.63, 3.8) is 0 Å². The smallest absolute Gasteiger partial charge is 0.193 e. The van der Waals surface area contributed by atoms with Gasteiger partial charge in [-0.3, -0.25) is 4.99 Å². The van der Waals surface area contributed by atoms with E-state index in [9.17, 15) is 0 Å². The fourth-order valence-electron chi connectivity index (χ4n) is 5.01. The molecule has 3 aliphatic rings. The Bertz CT molecular complexity index is 432. The van der Waals surface area contributed by atoms with Crippen LogP contribution >= 0.6 is 24.0 Å². The summed E-state index contributed by atoms with van der Waals surface area (Å²) in [5.74, 6) is 1.08. The summed E-state index contributed by atoms with van der Waals surface area (Å²) in [6.45, 7) is 7.93. The van der Waals surface area contributed by atoms with Crippen molar-refractivity contribution in [2.75, 3.05) is 33.4 Å². The molecule has 0 aromatic heterocycles. The quantitative estimate of drug-likeness (QED) is 0.384. The third-order valence-corrected chi connectivity index (χ3v) is 6.35. The first-order valence-electron chi connectivity index (χ1n) is 9.95. The van der Waals surface area contributed by atoms with Crippen LogP contribution in [0, 0.1) is 5.41 Å². The van der Waals surface area contributed by atoms with Gasteiger partial charge in [-0.25, -0.2) is 0 Å². The van der Waals surface area contributed by atoms with E-state index in [0.29, 0.717) is 23.7 Å². The number of nitrogens with one attached hydrogen (secondary N) is 1. The lowest BCUT2D eigenvalue weighted by atomic mass is 9.60. The zero-order chi connectivity index (χ0) is 17.0. The molecule has 1 heterocycles. The molecule has 1 saturated heterocycles. The van der Waals surface area contributed by atoms with E-state index in [0.717, 1.165) is 51.5 Å². The molecule has 3 fully saturated rings. The van der Waals surface area contributed by atoms with Crippen molar-refractivity contribution in [2.24, 2.45) is 10.4 Å². The first kappa shape index (κ1) is 21.2. The first-order chi connectivity index (χ1) is 11.7. The third kappa shape index (κ3) is 4.43. The van der Waals surface area contributed by atoms with Crippen LogP contribution in [0.5, 0.6) is 0 Å². The van der Waals surface area contributed by atoms with Crippen LogP contribution in [0.3, 0.4) is 0 Å². The summed E-state index contributed by atoms with van der Waals surface area (Å²) in [4.78, 5) is 6.99. The Kier molecular flexibility index (Phi) is 8.27. The highest BCUT2D eigenvalue weighted by Gasteiger charge is 2.57. The number of likely N-dealkylation sites (tertiary alicyclic amines) is 1. The summed E-state index contributed by atoms with van der Waals surface area (Å²) in [5.41, 5.74) is 0.357. The first-order valence-corrected chi connectivity index (χ1v) is 9.95. The molecule has 2 saturated carbocycles. The van der Waals surface area contributed by atoms with Gasteiger partial charge in [0.05, 0.1) is 12.2 Å². The molecule has 2 atom stereocenters. The van der Waals surface area contributed by atoms with Crippen molar-refractivity contribution in [3.05, 3.63) is 0 Å². The second-order valence-corrected chi connectivity index (χ2v) is 7.51. The van der Waals surface area contributed by atoms with Crippen LogP contribution in [-0.4, -0.2) is 62.5 Å². The molecule has 0 aromatic carbocycles. The zero-order valence-electron chi connectivity index (χ0n) is 16.1. The summed E-state index contributed by atoms with van der Waals surface area (Å²) < 4.78 is 11.8. The Morgan fingerprint density at radius 2 is 1.76 bits per heavy atom. The van der Waals surface area contributed by atoms with Crippen LogP contribution in [0.4, 0.5) is 0 Å². The number of hydrogen-bond acceptors (Lipinski definition) is 3. The van der Waals surface area contributed by atoms with E-state index in [2.05, 4.69) is 29.1 Å². The lowest BCUT2D eigenvalue weighted by molar-refractivity contribution is -0.126. The van der Waals surface area contributed by atoms with E-state index < -0.39 is 0 Å². The SMILES string of the molecule is CCOC1CCN(C(=NC)NC2CC(OCC)C23CCCC3)CC1.I. The molecule has 1 aliphatic heterocycles. The van der Waals surface area contributed by atoms with Crippen LogP contribution in [0.2, 0.25) is 0 Å². The van der Waals surface area contributed by atoms with Crippen molar-refractivity contribution in [3.8, 4) is 0 Å². The molecule has 0 aromatic rings. The van der Waals surface area contributed by atoms with Gasteiger partial charge in [-0.1, -0.05) is 12.8 Å². The lowest BCUT2D eigenvalue weighted by Crippen LogP contribution is -2.65. The molecule has 0 radical (unpaired) electrons. The highest BCUT2D eigenvalue weighted by Crippen LogP contribution is 2.54. The lowest BCUT2D eigenvalue weighted by Gasteiger charge is -2.55. The molecule has 5 nitrogen and oxygen atoms in total. The fourth-order valence-corrected chi connectivity index (χ4v) is 5.01. The monoisotopic (exact) mass is 465 g/mol. The average molecular weight is 465 g/mol. The minimum absolute atomic E-state index is 0. The predicted molar refractivity (Wildman–Crippen MR) is 113 cm³/mol.